The van der Waals surface area contributed by atoms with E-state index in [4.69, 9.17) is 13.9 Å². The molecule has 3 aromatic rings. The predicted molar refractivity (Wildman–Crippen MR) is 81.2 cm³/mol. The molecule has 2 aromatic heterocycles. The highest BCUT2D eigenvalue weighted by Gasteiger charge is 2.23. The molecule has 0 amide bonds. The molecule has 8 heteroatoms. The number of para-hydroxylation sites is 2. The first-order chi connectivity index (χ1) is 11.7. The number of furan rings is 1. The number of carbonyl (C=O) groups is 2. The molecule has 0 atom stereocenters. The van der Waals surface area contributed by atoms with Gasteiger partial charge in [-0.1, -0.05) is 12.1 Å². The zero-order chi connectivity index (χ0) is 16.9. The average Bonchev–Trinajstić information content (AvgIpc) is 3.27. The number of hydrogen-bond donors (Lipinski definition) is 1. The third-order valence-electron chi connectivity index (χ3n) is 3.20. The summed E-state index contributed by atoms with van der Waals surface area (Å²) in [5.74, 6) is -0.542. The number of Topliss-reactive ketones (excluding diaryl/α,β-unsaturated/α-hetero) is 2. The molecule has 0 radical (unpaired) electrons. The van der Waals surface area contributed by atoms with Gasteiger partial charge in [0.2, 0.25) is 11.6 Å². The van der Waals surface area contributed by atoms with Crippen molar-refractivity contribution in [2.24, 2.45) is 0 Å². The molecule has 1 aromatic carbocycles. The molecule has 122 valence electrons. The van der Waals surface area contributed by atoms with E-state index in [2.05, 4.69) is 15.2 Å². The van der Waals surface area contributed by atoms with Crippen LogP contribution in [0.25, 0.3) is 0 Å². The van der Waals surface area contributed by atoms with Crippen LogP contribution in [-0.4, -0.2) is 33.9 Å². The monoisotopic (exact) mass is 327 g/mol. The number of methoxy groups -OCH3 is 1. The number of hydrogen-bond acceptors (Lipinski definition) is 7. The Kier molecular flexibility index (Phi) is 4.37. The van der Waals surface area contributed by atoms with E-state index in [9.17, 15) is 9.59 Å². The van der Waals surface area contributed by atoms with E-state index < -0.39 is 11.6 Å². The van der Waals surface area contributed by atoms with Crippen molar-refractivity contribution < 1.29 is 23.5 Å². The Hall–Kier alpha value is -3.42. The van der Waals surface area contributed by atoms with Crippen molar-refractivity contribution in [2.45, 2.75) is 6.42 Å². The lowest BCUT2D eigenvalue weighted by atomic mass is 10.1. The SMILES string of the molecule is COc1ccccc1Oc1occc1CC(=O)C(=O)c1nc[nH]n1. The van der Waals surface area contributed by atoms with Gasteiger partial charge in [-0.25, -0.2) is 4.98 Å². The third-order valence-corrected chi connectivity index (χ3v) is 3.20. The molecule has 0 saturated heterocycles. The van der Waals surface area contributed by atoms with Gasteiger partial charge in [0.05, 0.1) is 13.4 Å². The molecule has 2 heterocycles. The molecule has 0 fully saturated rings. The second-order valence-electron chi connectivity index (χ2n) is 4.74. The summed E-state index contributed by atoms with van der Waals surface area (Å²) in [6.45, 7) is 0. The first kappa shape index (κ1) is 15.5. The molecule has 0 aliphatic rings. The molecule has 0 saturated carbocycles. The normalized spacial score (nSPS) is 10.4. The average molecular weight is 327 g/mol. The standard InChI is InChI=1S/C16H13N3O5/c1-22-12-4-2-3-5-13(12)24-16-10(6-7-23-16)8-11(20)14(21)15-17-9-18-19-15/h2-7,9H,8H2,1H3,(H,17,18,19). The molecular weight excluding hydrogens is 314 g/mol. The number of nitrogens with zero attached hydrogens (tertiary/aromatic N) is 2. The van der Waals surface area contributed by atoms with Gasteiger partial charge in [-0.2, -0.15) is 0 Å². The second-order valence-corrected chi connectivity index (χ2v) is 4.74. The topological polar surface area (TPSA) is 107 Å². The van der Waals surface area contributed by atoms with Crippen molar-refractivity contribution in [1.82, 2.24) is 15.2 Å². The number of aromatic nitrogens is 3. The van der Waals surface area contributed by atoms with Gasteiger partial charge in [-0.15, -0.1) is 5.10 Å². The largest absolute Gasteiger partial charge is 0.493 e. The van der Waals surface area contributed by atoms with Crippen LogP contribution < -0.4 is 9.47 Å². The number of rotatable bonds is 7. The summed E-state index contributed by atoms with van der Waals surface area (Å²) in [6, 6.07) is 8.57. The van der Waals surface area contributed by atoms with Crippen molar-refractivity contribution in [3.05, 3.63) is 54.3 Å². The molecule has 0 aliphatic heterocycles. The van der Waals surface area contributed by atoms with Gasteiger partial charge in [0.25, 0.3) is 11.7 Å². The molecule has 1 N–H and O–H groups in total. The Morgan fingerprint density at radius 3 is 2.71 bits per heavy atom. The molecule has 0 bridgehead atoms. The Balaban J connectivity index is 1.76. The van der Waals surface area contributed by atoms with Crippen molar-refractivity contribution in [1.29, 1.82) is 0 Å². The van der Waals surface area contributed by atoms with Crippen molar-refractivity contribution in [3.8, 4) is 17.4 Å². The number of nitrogens with one attached hydrogen (secondary N) is 1. The zero-order valence-corrected chi connectivity index (χ0v) is 12.7. The van der Waals surface area contributed by atoms with Crippen LogP contribution in [0.15, 0.2) is 47.3 Å². The second kappa shape index (κ2) is 6.78. The summed E-state index contributed by atoms with van der Waals surface area (Å²) in [5, 5.41) is 5.99. The number of ketones is 2. The highest BCUT2D eigenvalue weighted by molar-refractivity contribution is 6.43. The summed E-state index contributed by atoms with van der Waals surface area (Å²) in [7, 11) is 1.52. The molecule has 8 nitrogen and oxygen atoms in total. The highest BCUT2D eigenvalue weighted by atomic mass is 16.6. The van der Waals surface area contributed by atoms with E-state index in [1.165, 1.54) is 19.7 Å². The van der Waals surface area contributed by atoms with Crippen LogP contribution in [-0.2, 0) is 11.2 Å². The van der Waals surface area contributed by atoms with Gasteiger partial charge in [0.15, 0.2) is 11.5 Å². The number of carbonyl (C=O) groups excluding carboxylic acids is 2. The van der Waals surface area contributed by atoms with Crippen molar-refractivity contribution in [3.63, 3.8) is 0 Å². The minimum Gasteiger partial charge on any atom is -0.493 e. The Morgan fingerprint density at radius 1 is 1.21 bits per heavy atom. The van der Waals surface area contributed by atoms with Crippen LogP contribution in [0.5, 0.6) is 17.4 Å². The number of benzene rings is 1. The third kappa shape index (κ3) is 3.17. The summed E-state index contributed by atoms with van der Waals surface area (Å²) in [6.07, 6.45) is 2.42. The van der Waals surface area contributed by atoms with Gasteiger partial charge >= 0.3 is 0 Å². The van der Waals surface area contributed by atoms with Crippen molar-refractivity contribution in [2.75, 3.05) is 7.11 Å². The Labute approximate surface area is 136 Å². The van der Waals surface area contributed by atoms with E-state index in [-0.39, 0.29) is 18.2 Å². The van der Waals surface area contributed by atoms with Crippen LogP contribution >= 0.6 is 0 Å². The van der Waals surface area contributed by atoms with Crippen LogP contribution in [0.3, 0.4) is 0 Å². The number of H-pyrrole nitrogens is 1. The van der Waals surface area contributed by atoms with Crippen LogP contribution in [0.1, 0.15) is 16.2 Å². The maximum absolute atomic E-state index is 12.1. The molecular formula is C16H13N3O5. The van der Waals surface area contributed by atoms with Crippen molar-refractivity contribution >= 4 is 11.6 Å². The summed E-state index contributed by atoms with van der Waals surface area (Å²) >= 11 is 0. The van der Waals surface area contributed by atoms with E-state index >= 15 is 0 Å². The first-order valence-electron chi connectivity index (χ1n) is 6.99. The molecule has 24 heavy (non-hydrogen) atoms. The summed E-state index contributed by atoms with van der Waals surface area (Å²) in [4.78, 5) is 27.7. The fourth-order valence-electron chi connectivity index (χ4n) is 2.04. The van der Waals surface area contributed by atoms with E-state index in [1.807, 2.05) is 0 Å². The molecule has 0 spiro atoms. The van der Waals surface area contributed by atoms with Crippen LogP contribution in [0.4, 0.5) is 0 Å². The van der Waals surface area contributed by atoms with Crippen LogP contribution in [0.2, 0.25) is 0 Å². The first-order valence-corrected chi connectivity index (χ1v) is 6.99. The van der Waals surface area contributed by atoms with Gasteiger partial charge in [0.1, 0.15) is 6.33 Å². The lowest BCUT2D eigenvalue weighted by molar-refractivity contribution is -0.114. The maximum atomic E-state index is 12.1. The van der Waals surface area contributed by atoms with Gasteiger partial charge < -0.3 is 13.9 Å². The van der Waals surface area contributed by atoms with E-state index in [0.29, 0.717) is 17.1 Å². The smallest absolute Gasteiger partial charge is 0.293 e. The van der Waals surface area contributed by atoms with Gasteiger partial charge in [-0.05, 0) is 18.2 Å². The number of ether oxygens (including phenoxy) is 2. The fourth-order valence-corrected chi connectivity index (χ4v) is 2.04. The van der Waals surface area contributed by atoms with E-state index in [0.717, 1.165) is 0 Å². The lowest BCUT2D eigenvalue weighted by Crippen LogP contribution is -2.18. The summed E-state index contributed by atoms with van der Waals surface area (Å²) < 4.78 is 16.1. The van der Waals surface area contributed by atoms with Gasteiger partial charge in [-0.3, -0.25) is 14.7 Å². The van der Waals surface area contributed by atoms with Crippen LogP contribution in [0, 0.1) is 0 Å². The number of aromatic amines is 1. The zero-order valence-electron chi connectivity index (χ0n) is 12.7. The quantitative estimate of drug-likeness (QED) is 0.523. The Morgan fingerprint density at radius 2 is 2.00 bits per heavy atom. The Bertz CT molecular complexity index is 854. The predicted octanol–water partition coefficient (Wildman–Crippen LogP) is 2.19. The minimum absolute atomic E-state index is 0.121. The highest BCUT2D eigenvalue weighted by Crippen LogP contribution is 2.33. The molecule has 3 rings (SSSR count). The fraction of sp³-hybridized carbons (Fsp3) is 0.125. The molecule has 0 aliphatic carbocycles. The maximum Gasteiger partial charge on any atom is 0.293 e. The summed E-state index contributed by atoms with van der Waals surface area (Å²) in [5.41, 5.74) is 0.440. The minimum atomic E-state index is -0.777. The lowest BCUT2D eigenvalue weighted by Gasteiger charge is -2.08. The van der Waals surface area contributed by atoms with Gasteiger partial charge in [0, 0.05) is 12.0 Å². The van der Waals surface area contributed by atoms with E-state index in [1.54, 1.807) is 30.3 Å². The molecule has 0 unspecified atom stereocenters.